The number of aromatic nitrogens is 1. The Kier molecular flexibility index (Phi) is 8.53. The number of nitrogens with zero attached hydrogens (tertiary/aromatic N) is 2. The number of hydrogen-bond acceptors (Lipinski definition) is 5. The molecule has 1 aliphatic heterocycles. The molecule has 3 rings (SSSR count). The van der Waals surface area contributed by atoms with Crippen LogP contribution in [0.1, 0.15) is 46.7 Å². The predicted molar refractivity (Wildman–Crippen MR) is 127 cm³/mol. The number of aliphatic imine (C=N–C) groups is 1. The molecular weight excluding hydrogens is 404 g/mol. The lowest BCUT2D eigenvalue weighted by molar-refractivity contribution is 0.0374. The SMILES string of the molecule is CN=C(C(C(=O)c1c[nH]c(C(=O)NCCCN2CCOCC2)c1)=C(C)C)c1ccccc1. The first-order chi connectivity index (χ1) is 15.5. The third kappa shape index (κ3) is 6.02. The third-order valence-corrected chi connectivity index (χ3v) is 5.46. The monoisotopic (exact) mass is 436 g/mol. The van der Waals surface area contributed by atoms with Crippen LogP contribution in [0.2, 0.25) is 0 Å². The van der Waals surface area contributed by atoms with E-state index in [2.05, 4.69) is 20.2 Å². The quantitative estimate of drug-likeness (QED) is 0.274. The normalized spacial score (nSPS) is 14.8. The molecule has 0 unspecified atom stereocenters. The number of rotatable bonds is 9. The molecule has 1 aromatic heterocycles. The van der Waals surface area contributed by atoms with Gasteiger partial charge in [0, 0.05) is 49.6 Å². The minimum Gasteiger partial charge on any atom is -0.379 e. The number of ketones is 1. The van der Waals surface area contributed by atoms with E-state index in [1.165, 1.54) is 0 Å². The van der Waals surface area contributed by atoms with Crippen LogP contribution in [0.15, 0.2) is 58.7 Å². The van der Waals surface area contributed by atoms with Crippen molar-refractivity contribution in [1.82, 2.24) is 15.2 Å². The van der Waals surface area contributed by atoms with Gasteiger partial charge in [0.25, 0.3) is 5.91 Å². The van der Waals surface area contributed by atoms with Gasteiger partial charge in [-0.05, 0) is 32.9 Å². The van der Waals surface area contributed by atoms with E-state index in [4.69, 9.17) is 4.74 Å². The van der Waals surface area contributed by atoms with E-state index in [0.29, 0.717) is 29.1 Å². The highest BCUT2D eigenvalue weighted by molar-refractivity contribution is 6.33. The second kappa shape index (κ2) is 11.5. The molecule has 0 spiro atoms. The lowest BCUT2D eigenvalue weighted by Gasteiger charge is -2.26. The summed E-state index contributed by atoms with van der Waals surface area (Å²) in [6.45, 7) is 8.73. The van der Waals surface area contributed by atoms with Gasteiger partial charge in [0.2, 0.25) is 0 Å². The Labute approximate surface area is 189 Å². The molecular formula is C25H32N4O3. The molecule has 32 heavy (non-hydrogen) atoms. The fraction of sp³-hybridized carbons (Fsp3) is 0.400. The minimum atomic E-state index is -0.211. The second-order valence-electron chi connectivity index (χ2n) is 8.01. The predicted octanol–water partition coefficient (Wildman–Crippen LogP) is 3.11. The Bertz CT molecular complexity index is 982. The first-order valence-electron chi connectivity index (χ1n) is 11.0. The van der Waals surface area contributed by atoms with Crippen molar-refractivity contribution < 1.29 is 14.3 Å². The molecule has 0 bridgehead atoms. The zero-order chi connectivity index (χ0) is 22.9. The van der Waals surface area contributed by atoms with E-state index in [-0.39, 0.29) is 11.7 Å². The summed E-state index contributed by atoms with van der Waals surface area (Å²) in [5, 5.41) is 2.93. The molecule has 0 atom stereocenters. The van der Waals surface area contributed by atoms with Gasteiger partial charge in [-0.3, -0.25) is 19.5 Å². The smallest absolute Gasteiger partial charge is 0.267 e. The van der Waals surface area contributed by atoms with E-state index >= 15 is 0 Å². The van der Waals surface area contributed by atoms with E-state index in [1.807, 2.05) is 44.2 Å². The number of Topliss-reactive ketones (excluding diaryl/α,β-unsaturated/α-hetero) is 1. The lowest BCUT2D eigenvalue weighted by Crippen LogP contribution is -2.38. The molecule has 7 nitrogen and oxygen atoms in total. The summed E-state index contributed by atoms with van der Waals surface area (Å²) in [7, 11) is 1.69. The van der Waals surface area contributed by atoms with Crippen molar-refractivity contribution in [3.8, 4) is 0 Å². The number of hydrogen-bond donors (Lipinski definition) is 2. The van der Waals surface area contributed by atoms with Crippen LogP contribution in [0.4, 0.5) is 0 Å². The molecule has 0 saturated carbocycles. The zero-order valence-corrected chi connectivity index (χ0v) is 19.1. The van der Waals surface area contributed by atoms with Crippen LogP contribution in [0, 0.1) is 0 Å². The number of ether oxygens (including phenoxy) is 1. The number of nitrogens with one attached hydrogen (secondary N) is 2. The van der Waals surface area contributed by atoms with Crippen molar-refractivity contribution in [3.05, 3.63) is 70.6 Å². The number of morpholine rings is 1. The number of amides is 1. The molecule has 2 aromatic rings. The fourth-order valence-corrected chi connectivity index (χ4v) is 3.78. The van der Waals surface area contributed by atoms with Crippen LogP contribution in [0.5, 0.6) is 0 Å². The summed E-state index contributed by atoms with van der Waals surface area (Å²) in [6.07, 6.45) is 2.46. The van der Waals surface area contributed by atoms with Gasteiger partial charge in [0.1, 0.15) is 5.69 Å². The summed E-state index contributed by atoms with van der Waals surface area (Å²) in [6, 6.07) is 11.3. The third-order valence-electron chi connectivity index (χ3n) is 5.46. The van der Waals surface area contributed by atoms with Gasteiger partial charge in [-0.15, -0.1) is 0 Å². The largest absolute Gasteiger partial charge is 0.379 e. The number of carbonyl (C=O) groups is 2. The highest BCUT2D eigenvalue weighted by Gasteiger charge is 2.22. The number of aromatic amines is 1. The van der Waals surface area contributed by atoms with Gasteiger partial charge in [-0.25, -0.2) is 0 Å². The molecule has 170 valence electrons. The van der Waals surface area contributed by atoms with Gasteiger partial charge in [0.05, 0.1) is 18.9 Å². The van der Waals surface area contributed by atoms with Crippen LogP contribution in [0.3, 0.4) is 0 Å². The fourth-order valence-electron chi connectivity index (χ4n) is 3.78. The molecule has 7 heteroatoms. The number of H-pyrrole nitrogens is 1. The highest BCUT2D eigenvalue weighted by Crippen LogP contribution is 2.19. The molecule has 1 aliphatic rings. The first-order valence-corrected chi connectivity index (χ1v) is 11.0. The molecule has 1 aromatic carbocycles. The summed E-state index contributed by atoms with van der Waals surface area (Å²) < 4.78 is 5.35. The molecule has 0 radical (unpaired) electrons. The van der Waals surface area contributed by atoms with Crippen molar-refractivity contribution in [2.24, 2.45) is 4.99 Å². The van der Waals surface area contributed by atoms with Crippen molar-refractivity contribution in [2.75, 3.05) is 46.4 Å². The first kappa shape index (κ1) is 23.6. The van der Waals surface area contributed by atoms with Crippen LogP contribution < -0.4 is 5.32 Å². The summed E-state index contributed by atoms with van der Waals surface area (Å²) in [5.41, 5.74) is 3.77. The topological polar surface area (TPSA) is 86.8 Å². The van der Waals surface area contributed by atoms with Crippen molar-refractivity contribution in [2.45, 2.75) is 20.3 Å². The molecule has 2 heterocycles. The maximum atomic E-state index is 13.3. The van der Waals surface area contributed by atoms with Gasteiger partial charge in [-0.1, -0.05) is 35.9 Å². The van der Waals surface area contributed by atoms with Gasteiger partial charge >= 0.3 is 0 Å². The molecule has 1 amide bonds. The maximum Gasteiger partial charge on any atom is 0.267 e. The zero-order valence-electron chi connectivity index (χ0n) is 19.1. The minimum absolute atomic E-state index is 0.155. The van der Waals surface area contributed by atoms with Gasteiger partial charge in [0.15, 0.2) is 5.78 Å². The Hall–Kier alpha value is -3.03. The van der Waals surface area contributed by atoms with E-state index in [1.54, 1.807) is 19.3 Å². The summed E-state index contributed by atoms with van der Waals surface area (Å²) in [5.74, 6) is -0.366. The molecule has 0 aliphatic carbocycles. The molecule has 2 N–H and O–H groups in total. The van der Waals surface area contributed by atoms with Crippen molar-refractivity contribution >= 4 is 17.4 Å². The van der Waals surface area contributed by atoms with E-state index in [0.717, 1.165) is 50.4 Å². The Morgan fingerprint density at radius 2 is 1.84 bits per heavy atom. The van der Waals surface area contributed by atoms with Crippen LogP contribution in [0.25, 0.3) is 0 Å². The average Bonchev–Trinajstić information content (AvgIpc) is 3.31. The Morgan fingerprint density at radius 1 is 1.12 bits per heavy atom. The Morgan fingerprint density at radius 3 is 2.50 bits per heavy atom. The second-order valence-corrected chi connectivity index (χ2v) is 8.01. The van der Waals surface area contributed by atoms with Crippen LogP contribution in [-0.4, -0.2) is 73.7 Å². The van der Waals surface area contributed by atoms with E-state index in [9.17, 15) is 9.59 Å². The summed E-state index contributed by atoms with van der Waals surface area (Å²) in [4.78, 5) is 35.5. The van der Waals surface area contributed by atoms with E-state index < -0.39 is 0 Å². The Balaban J connectivity index is 1.63. The van der Waals surface area contributed by atoms with Crippen LogP contribution in [-0.2, 0) is 4.74 Å². The molecule has 1 saturated heterocycles. The number of benzene rings is 1. The number of allylic oxidation sites excluding steroid dienone is 2. The maximum absolute atomic E-state index is 13.3. The highest BCUT2D eigenvalue weighted by atomic mass is 16.5. The molecule has 1 fully saturated rings. The van der Waals surface area contributed by atoms with Gasteiger partial charge in [-0.2, -0.15) is 0 Å². The van der Waals surface area contributed by atoms with Crippen molar-refractivity contribution in [3.63, 3.8) is 0 Å². The standard InChI is InChI=1S/C25H32N4O3/c1-18(2)22(23(26-3)19-8-5-4-6-9-19)24(30)20-16-21(28-17-20)25(31)27-10-7-11-29-12-14-32-15-13-29/h4-6,8-9,16-17,28H,7,10-15H2,1-3H3,(H,27,31). The average molecular weight is 437 g/mol. The number of carbonyl (C=O) groups excluding carboxylic acids is 2. The van der Waals surface area contributed by atoms with Gasteiger partial charge < -0.3 is 15.0 Å². The summed E-state index contributed by atoms with van der Waals surface area (Å²) >= 11 is 0. The van der Waals surface area contributed by atoms with Crippen LogP contribution >= 0.6 is 0 Å². The van der Waals surface area contributed by atoms with Crippen molar-refractivity contribution in [1.29, 1.82) is 0 Å². The lowest BCUT2D eigenvalue weighted by atomic mass is 9.92.